The third-order valence-corrected chi connectivity index (χ3v) is 5.04. The van der Waals surface area contributed by atoms with Crippen molar-refractivity contribution in [1.82, 2.24) is 9.38 Å². The highest BCUT2D eigenvalue weighted by Gasteiger charge is 2.23. The molecule has 1 aromatic carbocycles. The Labute approximate surface area is 133 Å². The molecular formula is C15H12Br2N2O. The topological polar surface area (TPSA) is 30.4 Å². The molecule has 0 radical (unpaired) electrons. The van der Waals surface area contributed by atoms with Gasteiger partial charge < -0.3 is 4.42 Å². The molecular weight excluding hydrogens is 384 g/mol. The normalized spacial score (nSPS) is 14.7. The summed E-state index contributed by atoms with van der Waals surface area (Å²) in [4.78, 5) is 4.65. The quantitative estimate of drug-likeness (QED) is 0.580. The molecule has 0 saturated carbocycles. The standard InChI is InChI=1S/C15H12Br2N2O/c16-10-7-5-9(6-8-10)13-14(17)19-11-3-1-2-4-12(11)20-15(19)18-13/h5-8H,1-4H2. The first-order chi connectivity index (χ1) is 9.74. The van der Waals surface area contributed by atoms with Gasteiger partial charge >= 0.3 is 5.84 Å². The van der Waals surface area contributed by atoms with Gasteiger partial charge in [0, 0.05) is 16.5 Å². The van der Waals surface area contributed by atoms with Gasteiger partial charge in [0.15, 0.2) is 0 Å². The van der Waals surface area contributed by atoms with E-state index in [2.05, 4.69) is 53.4 Å². The first kappa shape index (κ1) is 12.7. The molecule has 2 heterocycles. The minimum atomic E-state index is 0.696. The Morgan fingerprint density at radius 2 is 1.80 bits per heavy atom. The van der Waals surface area contributed by atoms with Crippen molar-refractivity contribution >= 4 is 37.7 Å². The number of aromatic nitrogens is 2. The second-order valence-corrected chi connectivity index (χ2v) is 6.72. The van der Waals surface area contributed by atoms with E-state index in [1.807, 2.05) is 12.1 Å². The summed E-state index contributed by atoms with van der Waals surface area (Å²) in [6, 6.07) is 8.17. The summed E-state index contributed by atoms with van der Waals surface area (Å²) < 4.78 is 10.1. The van der Waals surface area contributed by atoms with Crippen molar-refractivity contribution in [1.29, 1.82) is 0 Å². The summed E-state index contributed by atoms with van der Waals surface area (Å²) in [6.45, 7) is 0. The Morgan fingerprint density at radius 1 is 1.05 bits per heavy atom. The van der Waals surface area contributed by atoms with Gasteiger partial charge in [-0.3, -0.25) is 4.40 Å². The molecule has 1 aliphatic rings. The summed E-state index contributed by atoms with van der Waals surface area (Å²) >= 11 is 7.15. The van der Waals surface area contributed by atoms with Crippen molar-refractivity contribution in [2.75, 3.05) is 0 Å². The molecule has 102 valence electrons. The summed E-state index contributed by atoms with van der Waals surface area (Å²) in [7, 11) is 0. The highest BCUT2D eigenvalue weighted by Crippen LogP contribution is 2.34. The Balaban J connectivity index is 1.91. The SMILES string of the molecule is Brc1ccc(-c2nc3oc4c(n3c2Br)CCCC4)cc1. The van der Waals surface area contributed by atoms with Gasteiger partial charge in [-0.2, -0.15) is 4.98 Å². The van der Waals surface area contributed by atoms with Crippen molar-refractivity contribution in [3.8, 4) is 11.3 Å². The van der Waals surface area contributed by atoms with Gasteiger partial charge in [0.25, 0.3) is 0 Å². The lowest BCUT2D eigenvalue weighted by Gasteiger charge is -2.09. The van der Waals surface area contributed by atoms with Crippen LogP contribution in [0.4, 0.5) is 0 Å². The number of fused-ring (bicyclic) bond motifs is 3. The molecule has 0 spiro atoms. The first-order valence-corrected chi connectivity index (χ1v) is 8.27. The first-order valence-electron chi connectivity index (χ1n) is 6.68. The van der Waals surface area contributed by atoms with Crippen molar-refractivity contribution in [2.45, 2.75) is 25.7 Å². The Kier molecular flexibility index (Phi) is 3.00. The van der Waals surface area contributed by atoms with Crippen LogP contribution in [-0.4, -0.2) is 9.38 Å². The van der Waals surface area contributed by atoms with Crippen LogP contribution in [-0.2, 0) is 12.8 Å². The molecule has 0 bridgehead atoms. The van der Waals surface area contributed by atoms with Gasteiger partial charge in [-0.05, 0) is 47.3 Å². The van der Waals surface area contributed by atoms with Gasteiger partial charge in [0.1, 0.15) is 16.1 Å². The molecule has 3 aromatic rings. The molecule has 0 saturated heterocycles. The number of benzene rings is 1. The second-order valence-electron chi connectivity index (χ2n) is 5.06. The van der Waals surface area contributed by atoms with Gasteiger partial charge in [-0.1, -0.05) is 28.1 Å². The van der Waals surface area contributed by atoms with Crippen LogP contribution in [0, 0.1) is 0 Å². The monoisotopic (exact) mass is 394 g/mol. The summed E-state index contributed by atoms with van der Waals surface area (Å²) in [5, 5.41) is 0. The summed E-state index contributed by atoms with van der Waals surface area (Å²) in [5.41, 5.74) is 3.29. The maximum Gasteiger partial charge on any atom is 0.307 e. The molecule has 1 aliphatic carbocycles. The lowest BCUT2D eigenvalue weighted by molar-refractivity contribution is 0.500. The van der Waals surface area contributed by atoms with E-state index in [0.29, 0.717) is 5.84 Å². The van der Waals surface area contributed by atoms with Crippen LogP contribution in [0.1, 0.15) is 24.3 Å². The number of rotatable bonds is 1. The summed E-state index contributed by atoms with van der Waals surface area (Å²) in [6.07, 6.45) is 4.52. The fourth-order valence-corrected chi connectivity index (χ4v) is 3.74. The summed E-state index contributed by atoms with van der Waals surface area (Å²) in [5.74, 6) is 1.79. The van der Waals surface area contributed by atoms with E-state index < -0.39 is 0 Å². The maximum absolute atomic E-state index is 5.91. The van der Waals surface area contributed by atoms with E-state index >= 15 is 0 Å². The maximum atomic E-state index is 5.91. The van der Waals surface area contributed by atoms with Crippen LogP contribution >= 0.6 is 31.9 Å². The molecule has 2 aromatic heterocycles. The molecule has 20 heavy (non-hydrogen) atoms. The molecule has 0 aliphatic heterocycles. The molecule has 0 unspecified atom stereocenters. The van der Waals surface area contributed by atoms with Crippen LogP contribution in [0.5, 0.6) is 0 Å². The van der Waals surface area contributed by atoms with Crippen LogP contribution < -0.4 is 0 Å². The minimum absolute atomic E-state index is 0.696. The third kappa shape index (κ3) is 1.87. The highest BCUT2D eigenvalue weighted by atomic mass is 79.9. The van der Waals surface area contributed by atoms with Crippen molar-refractivity contribution in [2.24, 2.45) is 0 Å². The highest BCUT2D eigenvalue weighted by molar-refractivity contribution is 9.10. The number of hydrogen-bond acceptors (Lipinski definition) is 2. The number of oxazole rings is 1. The number of nitrogens with zero attached hydrogens (tertiary/aromatic N) is 2. The fourth-order valence-electron chi connectivity index (χ4n) is 2.79. The minimum Gasteiger partial charge on any atom is -0.428 e. The van der Waals surface area contributed by atoms with Crippen molar-refractivity contribution < 1.29 is 4.42 Å². The zero-order chi connectivity index (χ0) is 13.7. The van der Waals surface area contributed by atoms with Crippen LogP contribution in [0.3, 0.4) is 0 Å². The second kappa shape index (κ2) is 4.74. The van der Waals surface area contributed by atoms with E-state index in [0.717, 1.165) is 38.9 Å². The number of aryl methyl sites for hydroxylation is 2. The number of halogens is 2. The number of imidazole rings is 1. The Hall–Kier alpha value is -1.07. The van der Waals surface area contributed by atoms with Gasteiger partial charge in [-0.25, -0.2) is 0 Å². The molecule has 4 rings (SSSR count). The van der Waals surface area contributed by atoms with Crippen LogP contribution in [0.2, 0.25) is 0 Å². The molecule has 0 fully saturated rings. The predicted molar refractivity (Wildman–Crippen MR) is 84.9 cm³/mol. The van der Waals surface area contributed by atoms with Gasteiger partial charge in [0.05, 0.1) is 5.69 Å². The third-order valence-electron chi connectivity index (χ3n) is 3.78. The zero-order valence-electron chi connectivity index (χ0n) is 10.7. The van der Waals surface area contributed by atoms with Gasteiger partial charge in [-0.15, -0.1) is 0 Å². The largest absolute Gasteiger partial charge is 0.428 e. The smallest absolute Gasteiger partial charge is 0.307 e. The number of hydrogen-bond donors (Lipinski definition) is 0. The Morgan fingerprint density at radius 3 is 2.60 bits per heavy atom. The average molecular weight is 396 g/mol. The molecule has 3 nitrogen and oxygen atoms in total. The molecule has 0 N–H and O–H groups in total. The van der Waals surface area contributed by atoms with E-state index in [1.165, 1.54) is 18.5 Å². The fraction of sp³-hybridized carbons (Fsp3) is 0.267. The zero-order valence-corrected chi connectivity index (χ0v) is 13.9. The van der Waals surface area contributed by atoms with Crippen LogP contribution in [0.15, 0.2) is 37.8 Å². The van der Waals surface area contributed by atoms with E-state index in [4.69, 9.17) is 4.42 Å². The van der Waals surface area contributed by atoms with E-state index in [1.54, 1.807) is 0 Å². The average Bonchev–Trinajstić information content (AvgIpc) is 2.97. The van der Waals surface area contributed by atoms with Crippen molar-refractivity contribution in [3.05, 3.63) is 44.8 Å². The molecule has 0 amide bonds. The lowest BCUT2D eigenvalue weighted by atomic mass is 10.0. The van der Waals surface area contributed by atoms with Crippen molar-refractivity contribution in [3.63, 3.8) is 0 Å². The lowest BCUT2D eigenvalue weighted by Crippen LogP contribution is -2.03. The molecule has 5 heteroatoms. The van der Waals surface area contributed by atoms with Gasteiger partial charge in [0.2, 0.25) is 0 Å². The predicted octanol–water partition coefficient (Wildman–Crippen LogP) is 5.00. The van der Waals surface area contributed by atoms with E-state index in [-0.39, 0.29) is 0 Å². The molecule has 0 atom stereocenters. The van der Waals surface area contributed by atoms with E-state index in [9.17, 15) is 0 Å². The Bertz CT molecular complexity index is 786. The van der Waals surface area contributed by atoms with Crippen LogP contribution in [0.25, 0.3) is 17.1 Å².